The van der Waals surface area contributed by atoms with Crippen molar-refractivity contribution in [1.29, 1.82) is 5.26 Å². The van der Waals surface area contributed by atoms with Gasteiger partial charge in [0, 0.05) is 12.2 Å². The number of hydrogen-bond acceptors (Lipinski definition) is 6. The number of nitrogens with zero attached hydrogens (tertiary/aromatic N) is 1. The fraction of sp³-hybridized carbons (Fsp3) is 0.286. The average molecular weight is 182 g/mol. The lowest BCUT2D eigenvalue weighted by Crippen LogP contribution is -2.48. The first-order chi connectivity index (χ1) is 6.06. The van der Waals surface area contributed by atoms with Gasteiger partial charge in [0.1, 0.15) is 6.07 Å². The normalized spacial score (nSPS) is 30.5. The van der Waals surface area contributed by atoms with Gasteiger partial charge in [0.2, 0.25) is 0 Å². The molecule has 0 aromatic rings. The summed E-state index contributed by atoms with van der Waals surface area (Å²) < 4.78 is 8.98. The van der Waals surface area contributed by atoms with Crippen molar-refractivity contribution in [3.8, 4) is 6.07 Å². The van der Waals surface area contributed by atoms with Crippen LogP contribution in [0.3, 0.4) is 0 Å². The van der Waals surface area contributed by atoms with Crippen LogP contribution >= 0.6 is 0 Å². The van der Waals surface area contributed by atoms with Crippen molar-refractivity contribution < 1.29 is 19.1 Å². The number of rotatable bonds is 0. The van der Waals surface area contributed by atoms with Gasteiger partial charge in [-0.2, -0.15) is 5.26 Å². The van der Waals surface area contributed by atoms with E-state index in [9.17, 15) is 9.59 Å². The number of ether oxygens (including phenoxy) is 2. The number of carbonyl (C=O) groups excluding carboxylic acids is 2. The molecule has 0 spiro atoms. The van der Waals surface area contributed by atoms with Crippen molar-refractivity contribution in [2.45, 2.75) is 5.72 Å². The van der Waals surface area contributed by atoms with E-state index in [1.165, 1.54) is 6.07 Å². The topological polar surface area (TPSA) is 102 Å². The molecule has 0 bridgehead atoms. The molecule has 0 saturated heterocycles. The monoisotopic (exact) mass is 182 g/mol. The van der Waals surface area contributed by atoms with Gasteiger partial charge < -0.3 is 9.47 Å². The molecule has 1 rings (SSSR count). The SMILES string of the molecule is N#CC1(N)COC(=O)/C=C/C(=O)O1. The van der Waals surface area contributed by atoms with Crippen LogP contribution in [0.2, 0.25) is 0 Å². The largest absolute Gasteiger partial charge is 0.455 e. The first-order valence-corrected chi connectivity index (χ1v) is 3.34. The molecule has 1 aliphatic heterocycles. The van der Waals surface area contributed by atoms with Gasteiger partial charge in [0.15, 0.2) is 6.61 Å². The Balaban J connectivity index is 2.87. The lowest BCUT2D eigenvalue weighted by Gasteiger charge is -2.21. The van der Waals surface area contributed by atoms with Crippen LogP contribution in [-0.2, 0) is 19.1 Å². The zero-order valence-corrected chi connectivity index (χ0v) is 6.52. The molecule has 0 fully saturated rings. The van der Waals surface area contributed by atoms with Crippen LogP contribution in [0.25, 0.3) is 0 Å². The molecule has 0 aromatic heterocycles. The highest BCUT2D eigenvalue weighted by atomic mass is 16.6. The summed E-state index contributed by atoms with van der Waals surface area (Å²) in [6.45, 7) is -0.474. The van der Waals surface area contributed by atoms with Gasteiger partial charge in [0.05, 0.1) is 0 Å². The van der Waals surface area contributed by atoms with Crippen LogP contribution in [0.15, 0.2) is 12.2 Å². The molecule has 1 atom stereocenters. The van der Waals surface area contributed by atoms with Crippen LogP contribution in [-0.4, -0.2) is 24.3 Å². The number of cyclic esters (lactones) is 2. The fourth-order valence-corrected chi connectivity index (χ4v) is 0.661. The van der Waals surface area contributed by atoms with Crippen molar-refractivity contribution in [2.24, 2.45) is 5.73 Å². The van der Waals surface area contributed by atoms with E-state index in [1.54, 1.807) is 0 Å². The molecule has 0 amide bonds. The number of hydrogen-bond donors (Lipinski definition) is 1. The number of nitrogens with two attached hydrogens (primary N) is 1. The van der Waals surface area contributed by atoms with Gasteiger partial charge in [-0.1, -0.05) is 0 Å². The summed E-state index contributed by atoms with van der Waals surface area (Å²) >= 11 is 0. The van der Waals surface area contributed by atoms with Crippen molar-refractivity contribution in [3.63, 3.8) is 0 Å². The first kappa shape index (κ1) is 9.22. The maximum absolute atomic E-state index is 10.8. The summed E-state index contributed by atoms with van der Waals surface area (Å²) in [5.41, 5.74) is 3.37. The molecule has 0 radical (unpaired) electrons. The molecular formula is C7H6N2O4. The minimum absolute atomic E-state index is 0.474. The van der Waals surface area contributed by atoms with Crippen LogP contribution < -0.4 is 5.73 Å². The van der Waals surface area contributed by atoms with E-state index in [0.717, 1.165) is 12.2 Å². The molecule has 0 aromatic carbocycles. The van der Waals surface area contributed by atoms with Crippen molar-refractivity contribution in [3.05, 3.63) is 12.2 Å². The highest BCUT2D eigenvalue weighted by molar-refractivity contribution is 5.92. The highest BCUT2D eigenvalue weighted by Gasteiger charge is 2.32. The average Bonchev–Trinajstić information content (AvgIpc) is 2.10. The molecule has 2 N–H and O–H groups in total. The molecule has 1 heterocycles. The van der Waals surface area contributed by atoms with E-state index in [1.807, 2.05) is 0 Å². The Morgan fingerprint density at radius 2 is 2.08 bits per heavy atom. The van der Waals surface area contributed by atoms with E-state index >= 15 is 0 Å². The van der Waals surface area contributed by atoms with Gasteiger partial charge in [-0.3, -0.25) is 5.73 Å². The summed E-state index contributed by atoms with van der Waals surface area (Å²) in [5.74, 6) is -1.58. The predicted octanol–water partition coefficient (Wildman–Crippen LogP) is -1.18. The molecule has 0 aliphatic carbocycles. The van der Waals surface area contributed by atoms with Crippen LogP contribution in [0, 0.1) is 11.3 Å². The fourth-order valence-electron chi connectivity index (χ4n) is 0.661. The zero-order valence-electron chi connectivity index (χ0n) is 6.52. The molecule has 6 nitrogen and oxygen atoms in total. The Morgan fingerprint density at radius 3 is 2.69 bits per heavy atom. The molecule has 13 heavy (non-hydrogen) atoms. The Bertz CT molecular complexity index is 317. The highest BCUT2D eigenvalue weighted by Crippen LogP contribution is 2.06. The molecule has 0 saturated carbocycles. The van der Waals surface area contributed by atoms with Gasteiger partial charge in [-0.25, -0.2) is 9.59 Å². The lowest BCUT2D eigenvalue weighted by atomic mass is 10.3. The van der Waals surface area contributed by atoms with E-state index in [-0.39, 0.29) is 0 Å². The Morgan fingerprint density at radius 1 is 1.46 bits per heavy atom. The van der Waals surface area contributed by atoms with E-state index in [0.29, 0.717) is 0 Å². The number of carbonyl (C=O) groups is 2. The second-order valence-corrected chi connectivity index (χ2v) is 2.36. The minimum atomic E-state index is -1.89. The second-order valence-electron chi connectivity index (χ2n) is 2.36. The van der Waals surface area contributed by atoms with Crippen molar-refractivity contribution in [1.82, 2.24) is 0 Å². The zero-order chi connectivity index (χ0) is 9.90. The van der Waals surface area contributed by atoms with E-state index in [2.05, 4.69) is 9.47 Å². The lowest BCUT2D eigenvalue weighted by molar-refractivity contribution is -0.161. The van der Waals surface area contributed by atoms with E-state index < -0.39 is 24.3 Å². The third kappa shape index (κ3) is 2.28. The van der Waals surface area contributed by atoms with Crippen molar-refractivity contribution in [2.75, 3.05) is 6.61 Å². The molecule has 1 aliphatic rings. The maximum Gasteiger partial charge on any atom is 0.333 e. The van der Waals surface area contributed by atoms with Gasteiger partial charge in [-0.05, 0) is 0 Å². The Hall–Kier alpha value is -1.87. The molecule has 68 valence electrons. The van der Waals surface area contributed by atoms with Gasteiger partial charge >= 0.3 is 11.9 Å². The van der Waals surface area contributed by atoms with Gasteiger partial charge in [-0.15, -0.1) is 0 Å². The first-order valence-electron chi connectivity index (χ1n) is 3.34. The Labute approximate surface area is 73.5 Å². The molecular weight excluding hydrogens is 176 g/mol. The predicted molar refractivity (Wildman–Crippen MR) is 38.7 cm³/mol. The third-order valence-corrected chi connectivity index (χ3v) is 1.26. The standard InChI is InChI=1S/C7H6N2O4/c8-3-7(9)4-12-5(10)1-2-6(11)13-7/h1-2H,4,9H2/b2-1+. The minimum Gasteiger partial charge on any atom is -0.455 e. The summed E-state index contributed by atoms with van der Waals surface area (Å²) in [4.78, 5) is 21.5. The summed E-state index contributed by atoms with van der Waals surface area (Å²) in [6.07, 6.45) is 1.75. The molecule has 6 heteroatoms. The third-order valence-electron chi connectivity index (χ3n) is 1.26. The van der Waals surface area contributed by atoms with Crippen molar-refractivity contribution >= 4 is 11.9 Å². The smallest absolute Gasteiger partial charge is 0.333 e. The quantitative estimate of drug-likeness (QED) is 0.473. The van der Waals surface area contributed by atoms with Crippen LogP contribution in [0.5, 0.6) is 0 Å². The van der Waals surface area contributed by atoms with Crippen LogP contribution in [0.1, 0.15) is 0 Å². The number of esters is 2. The van der Waals surface area contributed by atoms with Gasteiger partial charge in [0.25, 0.3) is 5.72 Å². The molecule has 1 unspecified atom stereocenters. The summed E-state index contributed by atoms with van der Waals surface area (Å²) in [6, 6.07) is 1.52. The second kappa shape index (κ2) is 3.25. The number of nitriles is 1. The van der Waals surface area contributed by atoms with E-state index in [4.69, 9.17) is 11.0 Å². The summed E-state index contributed by atoms with van der Waals surface area (Å²) in [5, 5.41) is 8.50. The maximum atomic E-state index is 10.8. The Kier molecular flexibility index (Phi) is 2.30. The summed E-state index contributed by atoms with van der Waals surface area (Å²) in [7, 11) is 0. The van der Waals surface area contributed by atoms with Crippen LogP contribution in [0.4, 0.5) is 0 Å².